The van der Waals surface area contributed by atoms with Crippen LogP contribution in [0.3, 0.4) is 0 Å². The Morgan fingerprint density at radius 1 is 1.11 bits per heavy atom. The first kappa shape index (κ1) is 18.0. The number of carbonyl (C=O) groups is 1. The monoisotopic (exact) mass is 372 g/mol. The normalized spacial score (nSPS) is 11.1. The van der Waals surface area contributed by atoms with Crippen LogP contribution in [0, 0.1) is 13.8 Å². The largest absolute Gasteiger partial charge is 0.361 e. The molecular weight excluding hydrogens is 348 g/mol. The van der Waals surface area contributed by atoms with Crippen molar-refractivity contribution in [3.05, 3.63) is 77.1 Å². The number of H-pyrrole nitrogens is 1. The van der Waals surface area contributed by atoms with Crippen LogP contribution in [0.1, 0.15) is 27.2 Å². The molecule has 2 aromatic heterocycles. The number of nitrogens with one attached hydrogen (secondary N) is 2. The van der Waals surface area contributed by atoms with Gasteiger partial charge in [-0.25, -0.2) is 0 Å². The number of amides is 1. The first-order valence-corrected chi connectivity index (χ1v) is 9.48. The van der Waals surface area contributed by atoms with E-state index in [9.17, 15) is 4.79 Å². The topological polar surface area (TPSA) is 62.7 Å². The van der Waals surface area contributed by atoms with E-state index in [4.69, 9.17) is 0 Å². The summed E-state index contributed by atoms with van der Waals surface area (Å²) in [4.78, 5) is 15.8. The Kier molecular flexibility index (Phi) is 4.74. The number of aryl methyl sites for hydroxylation is 3. The summed E-state index contributed by atoms with van der Waals surface area (Å²) in [5, 5.41) is 8.59. The minimum Gasteiger partial charge on any atom is -0.361 e. The van der Waals surface area contributed by atoms with Crippen molar-refractivity contribution in [3.63, 3.8) is 0 Å². The van der Waals surface area contributed by atoms with Gasteiger partial charge < -0.3 is 10.3 Å². The minimum atomic E-state index is -0.148. The Morgan fingerprint density at radius 3 is 2.75 bits per heavy atom. The fourth-order valence-electron chi connectivity index (χ4n) is 3.49. The summed E-state index contributed by atoms with van der Waals surface area (Å²) >= 11 is 0. The summed E-state index contributed by atoms with van der Waals surface area (Å²) in [7, 11) is 1.87. The molecule has 0 spiro atoms. The zero-order valence-corrected chi connectivity index (χ0v) is 16.4. The first-order valence-electron chi connectivity index (χ1n) is 9.48. The first-order chi connectivity index (χ1) is 13.5. The number of aromatic amines is 1. The molecule has 2 aromatic carbocycles. The van der Waals surface area contributed by atoms with Crippen molar-refractivity contribution in [2.45, 2.75) is 20.3 Å². The standard InChI is InChI=1S/C23H24N4O/c1-15-8-9-17(12-16(15)2)22-13-21(26-27(22)3)23(28)24-11-10-18-14-25-20-7-5-4-6-19(18)20/h4-9,12-14,25H,10-11H2,1-3H3,(H,24,28). The van der Waals surface area contributed by atoms with E-state index in [0.29, 0.717) is 12.2 Å². The number of rotatable bonds is 5. The molecule has 4 rings (SSSR count). The minimum absolute atomic E-state index is 0.148. The zero-order valence-electron chi connectivity index (χ0n) is 16.4. The van der Waals surface area contributed by atoms with E-state index in [1.54, 1.807) is 4.68 Å². The third-order valence-electron chi connectivity index (χ3n) is 5.27. The van der Waals surface area contributed by atoms with Crippen molar-refractivity contribution in [3.8, 4) is 11.3 Å². The van der Waals surface area contributed by atoms with Gasteiger partial charge in [0.25, 0.3) is 5.91 Å². The van der Waals surface area contributed by atoms with Gasteiger partial charge in [-0.3, -0.25) is 9.48 Å². The van der Waals surface area contributed by atoms with Crippen LogP contribution in [-0.2, 0) is 13.5 Å². The molecule has 5 nitrogen and oxygen atoms in total. The molecule has 0 aliphatic rings. The molecule has 0 aliphatic carbocycles. The summed E-state index contributed by atoms with van der Waals surface area (Å²) in [6, 6.07) is 16.3. The van der Waals surface area contributed by atoms with E-state index in [0.717, 1.165) is 23.2 Å². The van der Waals surface area contributed by atoms with Crippen LogP contribution in [0.2, 0.25) is 0 Å². The third-order valence-corrected chi connectivity index (χ3v) is 5.27. The van der Waals surface area contributed by atoms with E-state index < -0.39 is 0 Å². The van der Waals surface area contributed by atoms with Gasteiger partial charge in [0, 0.05) is 36.3 Å². The van der Waals surface area contributed by atoms with E-state index in [2.05, 4.69) is 59.6 Å². The highest BCUT2D eigenvalue weighted by Gasteiger charge is 2.14. The summed E-state index contributed by atoms with van der Waals surface area (Å²) in [5.74, 6) is -0.148. The maximum atomic E-state index is 12.6. The number of hydrogen-bond donors (Lipinski definition) is 2. The highest BCUT2D eigenvalue weighted by Crippen LogP contribution is 2.23. The molecule has 28 heavy (non-hydrogen) atoms. The summed E-state index contributed by atoms with van der Waals surface area (Å²) < 4.78 is 1.76. The third kappa shape index (κ3) is 3.43. The van der Waals surface area contributed by atoms with E-state index >= 15 is 0 Å². The molecule has 2 N–H and O–H groups in total. The predicted molar refractivity (Wildman–Crippen MR) is 112 cm³/mol. The molecule has 0 unspecified atom stereocenters. The lowest BCUT2D eigenvalue weighted by molar-refractivity contribution is 0.0948. The van der Waals surface area contributed by atoms with Crippen LogP contribution < -0.4 is 5.32 Å². The highest BCUT2D eigenvalue weighted by molar-refractivity contribution is 5.93. The summed E-state index contributed by atoms with van der Waals surface area (Å²) in [6.07, 6.45) is 2.78. The molecule has 0 atom stereocenters. The molecule has 5 heteroatoms. The van der Waals surface area contributed by atoms with Crippen LogP contribution in [-0.4, -0.2) is 27.2 Å². The van der Waals surface area contributed by atoms with Gasteiger partial charge in [-0.15, -0.1) is 0 Å². The van der Waals surface area contributed by atoms with Crippen LogP contribution >= 0.6 is 0 Å². The van der Waals surface area contributed by atoms with E-state index in [-0.39, 0.29) is 5.91 Å². The molecule has 0 radical (unpaired) electrons. The number of nitrogens with zero attached hydrogens (tertiary/aromatic N) is 2. The van der Waals surface area contributed by atoms with Gasteiger partial charge in [0.05, 0.1) is 5.69 Å². The van der Waals surface area contributed by atoms with Crippen molar-refractivity contribution in [1.82, 2.24) is 20.1 Å². The number of carbonyl (C=O) groups excluding carboxylic acids is 1. The number of benzene rings is 2. The average molecular weight is 372 g/mol. The van der Waals surface area contributed by atoms with Crippen LogP contribution in [0.25, 0.3) is 22.2 Å². The second-order valence-electron chi connectivity index (χ2n) is 7.20. The predicted octanol–water partition coefficient (Wildman–Crippen LogP) is 4.16. The number of aromatic nitrogens is 3. The van der Waals surface area contributed by atoms with Crippen molar-refractivity contribution < 1.29 is 4.79 Å². The van der Waals surface area contributed by atoms with Gasteiger partial charge >= 0.3 is 0 Å². The Morgan fingerprint density at radius 2 is 1.93 bits per heavy atom. The number of hydrogen-bond acceptors (Lipinski definition) is 2. The zero-order chi connectivity index (χ0) is 19.7. The van der Waals surface area contributed by atoms with Crippen molar-refractivity contribution in [2.24, 2.45) is 7.05 Å². The van der Waals surface area contributed by atoms with Crippen LogP contribution in [0.4, 0.5) is 0 Å². The van der Waals surface area contributed by atoms with Gasteiger partial charge in [-0.1, -0.05) is 30.3 Å². The van der Waals surface area contributed by atoms with Crippen molar-refractivity contribution in [1.29, 1.82) is 0 Å². The average Bonchev–Trinajstić information content (AvgIpc) is 3.28. The number of fused-ring (bicyclic) bond motifs is 1. The summed E-state index contributed by atoms with van der Waals surface area (Å²) in [5.41, 5.74) is 7.24. The fraction of sp³-hybridized carbons (Fsp3) is 0.217. The van der Waals surface area contributed by atoms with E-state index in [1.165, 1.54) is 22.1 Å². The van der Waals surface area contributed by atoms with Gasteiger partial charge in [0.1, 0.15) is 0 Å². The number of para-hydroxylation sites is 1. The Labute approximate surface area is 164 Å². The van der Waals surface area contributed by atoms with Gasteiger partial charge in [0.15, 0.2) is 5.69 Å². The molecule has 0 fully saturated rings. The quantitative estimate of drug-likeness (QED) is 0.553. The maximum Gasteiger partial charge on any atom is 0.271 e. The summed E-state index contributed by atoms with van der Waals surface area (Å²) in [6.45, 7) is 4.75. The second-order valence-corrected chi connectivity index (χ2v) is 7.20. The molecule has 1 amide bonds. The van der Waals surface area contributed by atoms with Gasteiger partial charge in [0.2, 0.25) is 0 Å². The molecular formula is C23H24N4O. The lowest BCUT2D eigenvalue weighted by Crippen LogP contribution is -2.26. The van der Waals surface area contributed by atoms with Crippen LogP contribution in [0.5, 0.6) is 0 Å². The lowest BCUT2D eigenvalue weighted by Gasteiger charge is -2.05. The van der Waals surface area contributed by atoms with Gasteiger partial charge in [-0.2, -0.15) is 5.10 Å². The fourth-order valence-corrected chi connectivity index (χ4v) is 3.49. The smallest absolute Gasteiger partial charge is 0.271 e. The SMILES string of the molecule is Cc1ccc(-c2cc(C(=O)NCCc3c[nH]c4ccccc34)nn2C)cc1C. The Balaban J connectivity index is 1.44. The highest BCUT2D eigenvalue weighted by atomic mass is 16.1. The van der Waals surface area contributed by atoms with E-state index in [1.807, 2.05) is 31.4 Å². The van der Waals surface area contributed by atoms with Crippen molar-refractivity contribution >= 4 is 16.8 Å². The molecule has 142 valence electrons. The maximum absolute atomic E-state index is 12.6. The van der Waals surface area contributed by atoms with Gasteiger partial charge in [-0.05, 0) is 55.2 Å². The Bertz CT molecular complexity index is 1150. The molecule has 2 heterocycles. The molecule has 0 aliphatic heterocycles. The molecule has 4 aromatic rings. The molecule has 0 saturated heterocycles. The molecule has 0 saturated carbocycles. The van der Waals surface area contributed by atoms with Crippen LogP contribution in [0.15, 0.2) is 54.7 Å². The van der Waals surface area contributed by atoms with Crippen molar-refractivity contribution in [2.75, 3.05) is 6.54 Å². The Hall–Kier alpha value is -3.34. The molecule has 0 bridgehead atoms. The second kappa shape index (κ2) is 7.35. The lowest BCUT2D eigenvalue weighted by atomic mass is 10.0.